The minimum Gasteiger partial charge on any atom is -0.399 e. The lowest BCUT2D eigenvalue weighted by molar-refractivity contribution is 0.148. The molecular formula is C20H23F3N6. The third kappa shape index (κ3) is 4.44. The molecule has 0 saturated heterocycles. The molecule has 0 spiro atoms. The number of nitrogens with one attached hydrogen (secondary N) is 1. The molecule has 0 aliphatic rings. The summed E-state index contributed by atoms with van der Waals surface area (Å²) in [6.07, 6.45) is -1.08. The number of halogens is 3. The van der Waals surface area contributed by atoms with Gasteiger partial charge in [-0.1, -0.05) is 19.9 Å². The maximum atomic E-state index is 13.8. The van der Waals surface area contributed by atoms with E-state index in [2.05, 4.69) is 28.9 Å². The van der Waals surface area contributed by atoms with E-state index in [1.807, 2.05) is 0 Å². The molecule has 0 amide bonds. The van der Waals surface area contributed by atoms with Gasteiger partial charge in [-0.3, -0.25) is 4.68 Å². The molecule has 29 heavy (non-hydrogen) atoms. The molecule has 0 bridgehead atoms. The molecule has 154 valence electrons. The number of unbranched alkanes of at least 4 members (excludes halogenated alkanes) is 1. The summed E-state index contributed by atoms with van der Waals surface area (Å²) < 4.78 is 41.6. The molecule has 0 unspecified atom stereocenters. The van der Waals surface area contributed by atoms with Crippen molar-refractivity contribution in [2.75, 3.05) is 11.1 Å². The Morgan fingerprint density at radius 3 is 2.72 bits per heavy atom. The first-order valence-electron chi connectivity index (χ1n) is 9.25. The number of aryl methyl sites for hydroxylation is 1. The third-order valence-corrected chi connectivity index (χ3v) is 4.51. The second-order valence-corrected chi connectivity index (χ2v) is 6.75. The molecule has 0 fully saturated rings. The highest BCUT2D eigenvalue weighted by atomic mass is 19.3. The van der Waals surface area contributed by atoms with Gasteiger partial charge in [0.1, 0.15) is 5.82 Å². The van der Waals surface area contributed by atoms with Gasteiger partial charge < -0.3 is 16.8 Å². The lowest BCUT2D eigenvalue weighted by Crippen LogP contribution is -2.07. The number of nitrogens with two attached hydrogens (primary N) is 2. The molecule has 3 rings (SSSR count). The molecule has 0 aliphatic carbocycles. The van der Waals surface area contributed by atoms with E-state index in [1.54, 1.807) is 22.9 Å². The number of rotatable bonds is 8. The molecule has 0 radical (unpaired) electrons. The Labute approximate surface area is 166 Å². The van der Waals surface area contributed by atoms with Crippen LogP contribution in [-0.2, 0) is 13.0 Å². The molecule has 0 atom stereocenters. The van der Waals surface area contributed by atoms with Crippen LogP contribution in [-0.4, -0.2) is 21.2 Å². The summed E-state index contributed by atoms with van der Waals surface area (Å²) in [4.78, 5) is 4.00. The van der Waals surface area contributed by atoms with Crippen molar-refractivity contribution in [3.63, 3.8) is 0 Å². The Morgan fingerprint density at radius 2 is 2.07 bits per heavy atom. The summed E-state index contributed by atoms with van der Waals surface area (Å²) in [6.45, 7) is 6.32. The van der Waals surface area contributed by atoms with Crippen LogP contribution in [0, 0.1) is 5.82 Å². The van der Waals surface area contributed by atoms with Crippen molar-refractivity contribution in [3.8, 4) is 0 Å². The van der Waals surface area contributed by atoms with Crippen molar-refractivity contribution in [1.29, 1.82) is 0 Å². The van der Waals surface area contributed by atoms with Gasteiger partial charge >= 0.3 is 0 Å². The molecule has 9 heteroatoms. The fourth-order valence-electron chi connectivity index (χ4n) is 3.08. The maximum Gasteiger partial charge on any atom is 0.244 e. The first-order chi connectivity index (χ1) is 13.8. The molecule has 1 aromatic carbocycles. The third-order valence-electron chi connectivity index (χ3n) is 4.51. The molecule has 2 aromatic heterocycles. The summed E-state index contributed by atoms with van der Waals surface area (Å²) >= 11 is 0. The number of benzene rings is 1. The van der Waals surface area contributed by atoms with Gasteiger partial charge in [0.15, 0.2) is 11.6 Å². The molecule has 5 N–H and O–H groups in total. The number of nitrogen functional groups attached to an aromatic ring is 1. The predicted octanol–water partition coefficient (Wildman–Crippen LogP) is 4.43. The molecule has 6 nitrogen and oxygen atoms in total. The van der Waals surface area contributed by atoms with Crippen molar-refractivity contribution in [3.05, 3.63) is 47.9 Å². The van der Waals surface area contributed by atoms with Crippen LogP contribution in [0.2, 0.25) is 0 Å². The lowest BCUT2D eigenvalue weighted by Gasteiger charge is -2.12. The first-order valence-corrected chi connectivity index (χ1v) is 9.25. The van der Waals surface area contributed by atoms with E-state index in [1.165, 1.54) is 0 Å². The van der Waals surface area contributed by atoms with Crippen LogP contribution in [0.4, 0.5) is 30.5 Å². The second kappa shape index (κ2) is 8.42. The monoisotopic (exact) mass is 404 g/mol. The highest BCUT2D eigenvalue weighted by Crippen LogP contribution is 2.29. The second-order valence-electron chi connectivity index (χ2n) is 6.75. The van der Waals surface area contributed by atoms with Crippen LogP contribution >= 0.6 is 0 Å². The summed E-state index contributed by atoms with van der Waals surface area (Å²) in [7, 11) is 0. The van der Waals surface area contributed by atoms with Gasteiger partial charge in [-0.05, 0) is 30.7 Å². The minimum atomic E-state index is -2.50. The number of hydrogen-bond acceptors (Lipinski definition) is 5. The highest BCUT2D eigenvalue weighted by molar-refractivity contribution is 5.87. The Balaban J connectivity index is 2.03. The van der Waals surface area contributed by atoms with E-state index in [4.69, 9.17) is 11.5 Å². The SMILES string of the molecule is C=C(N)c1cc(F)c(N)nc1Nc1ccc2c(c1)c(CC(F)F)nn2CCCC. The highest BCUT2D eigenvalue weighted by Gasteiger charge is 2.17. The van der Waals surface area contributed by atoms with Crippen molar-refractivity contribution in [1.82, 2.24) is 14.8 Å². The van der Waals surface area contributed by atoms with Crippen LogP contribution in [0.15, 0.2) is 30.8 Å². The number of nitrogens with zero attached hydrogens (tertiary/aromatic N) is 3. The van der Waals surface area contributed by atoms with Gasteiger partial charge in [-0.15, -0.1) is 0 Å². The van der Waals surface area contributed by atoms with E-state index in [-0.39, 0.29) is 22.9 Å². The van der Waals surface area contributed by atoms with Crippen LogP contribution < -0.4 is 16.8 Å². The fraction of sp³-hybridized carbons (Fsp3) is 0.300. The average Bonchev–Trinajstić information content (AvgIpc) is 2.99. The zero-order valence-corrected chi connectivity index (χ0v) is 16.1. The standard InChI is InChI=1S/C20H23F3N6/c1-3-4-7-29-17-6-5-12(8-14(17)16(28-29)10-18(22)23)26-20-13(11(2)24)9-15(21)19(25)27-20/h5-6,8-9,18H,2-4,7,10,24H2,1H3,(H3,25,26,27). The topological polar surface area (TPSA) is 94.8 Å². The fourth-order valence-corrected chi connectivity index (χ4v) is 3.08. The van der Waals surface area contributed by atoms with Gasteiger partial charge in [0.2, 0.25) is 6.43 Å². The number of pyridine rings is 1. The minimum absolute atomic E-state index is 0.116. The largest absolute Gasteiger partial charge is 0.399 e. The molecule has 0 saturated carbocycles. The Morgan fingerprint density at radius 1 is 1.31 bits per heavy atom. The molecule has 3 aromatic rings. The number of fused-ring (bicyclic) bond motifs is 1. The van der Waals surface area contributed by atoms with Crippen molar-refractivity contribution < 1.29 is 13.2 Å². The van der Waals surface area contributed by atoms with Crippen molar-refractivity contribution in [2.24, 2.45) is 5.73 Å². The summed E-state index contributed by atoms with van der Waals surface area (Å²) in [5.41, 5.74) is 13.3. The van der Waals surface area contributed by atoms with E-state index >= 15 is 0 Å². The summed E-state index contributed by atoms with van der Waals surface area (Å²) in [5, 5.41) is 8.02. The van der Waals surface area contributed by atoms with Crippen molar-refractivity contribution >= 4 is 33.9 Å². The maximum absolute atomic E-state index is 13.8. The van der Waals surface area contributed by atoms with Gasteiger partial charge in [0, 0.05) is 28.9 Å². The zero-order chi connectivity index (χ0) is 21.1. The van der Waals surface area contributed by atoms with Crippen LogP contribution in [0.25, 0.3) is 16.6 Å². The lowest BCUT2D eigenvalue weighted by atomic mass is 10.1. The Hall–Kier alpha value is -3.23. The van der Waals surface area contributed by atoms with Gasteiger partial charge in [-0.2, -0.15) is 5.10 Å². The van der Waals surface area contributed by atoms with Gasteiger partial charge in [0.05, 0.1) is 17.6 Å². The number of anilines is 3. The van der Waals surface area contributed by atoms with E-state index in [0.717, 1.165) is 24.4 Å². The first kappa shape index (κ1) is 20.5. The Bertz CT molecular complexity index is 1040. The number of hydrogen-bond donors (Lipinski definition) is 3. The quantitative estimate of drug-likeness (QED) is 0.516. The normalized spacial score (nSPS) is 11.3. The van der Waals surface area contributed by atoms with E-state index in [9.17, 15) is 13.2 Å². The smallest absolute Gasteiger partial charge is 0.244 e. The predicted molar refractivity (Wildman–Crippen MR) is 109 cm³/mol. The van der Waals surface area contributed by atoms with Crippen LogP contribution in [0.1, 0.15) is 31.0 Å². The number of aromatic nitrogens is 3. The molecule has 0 aliphatic heterocycles. The van der Waals surface area contributed by atoms with Crippen molar-refractivity contribution in [2.45, 2.75) is 39.2 Å². The Kier molecular flexibility index (Phi) is 5.95. The van der Waals surface area contributed by atoms with Gasteiger partial charge in [0.25, 0.3) is 0 Å². The summed E-state index contributed by atoms with van der Waals surface area (Å²) in [5.74, 6) is -0.766. The van der Waals surface area contributed by atoms with E-state index < -0.39 is 18.7 Å². The van der Waals surface area contributed by atoms with Crippen LogP contribution in [0.5, 0.6) is 0 Å². The van der Waals surface area contributed by atoms with E-state index in [0.29, 0.717) is 23.3 Å². The molecular weight excluding hydrogens is 381 g/mol. The zero-order valence-electron chi connectivity index (χ0n) is 16.1. The number of alkyl halides is 2. The van der Waals surface area contributed by atoms with Crippen LogP contribution in [0.3, 0.4) is 0 Å². The summed E-state index contributed by atoms with van der Waals surface area (Å²) in [6, 6.07) is 6.44. The van der Waals surface area contributed by atoms with Gasteiger partial charge in [-0.25, -0.2) is 18.2 Å². The molecule has 2 heterocycles. The average molecular weight is 404 g/mol.